The van der Waals surface area contributed by atoms with Crippen LogP contribution in [-0.2, 0) is 6.42 Å². The van der Waals surface area contributed by atoms with Crippen molar-refractivity contribution in [1.82, 2.24) is 0 Å². The monoisotopic (exact) mass is 475 g/mol. The highest BCUT2D eigenvalue weighted by Gasteiger charge is 2.06. The number of rotatable bonds is 8. The first-order valence-electron chi connectivity index (χ1n) is 10.1. The van der Waals surface area contributed by atoms with Gasteiger partial charge < -0.3 is 15.6 Å². The van der Waals surface area contributed by atoms with Crippen LogP contribution < -0.4 is 5.23 Å². The zero-order valence-electron chi connectivity index (χ0n) is 17.3. The summed E-state index contributed by atoms with van der Waals surface area (Å²) < 4.78 is 0. The summed E-state index contributed by atoms with van der Waals surface area (Å²) in [6.07, 6.45) is 0.813. The lowest BCUT2D eigenvalue weighted by Crippen LogP contribution is -2.96. The molecular formula is C25H19N2O4S2-. The molecule has 0 unspecified atom stereocenters. The molecule has 0 spiro atoms. The maximum atomic E-state index is 10.9. The normalized spacial score (nSPS) is 11.0. The zero-order chi connectivity index (χ0) is 23.2. The molecule has 0 aliphatic rings. The lowest BCUT2D eigenvalue weighted by molar-refractivity contribution is -0.715. The highest BCUT2D eigenvalue weighted by atomic mass is 32.2. The molecule has 0 atom stereocenters. The molecule has 0 saturated carbocycles. The number of non-ortho nitro benzene ring substituents is 1. The quantitative estimate of drug-likeness (QED) is 0.248. The molecule has 0 radical (unpaired) electrons. The van der Waals surface area contributed by atoms with E-state index in [0.717, 1.165) is 26.0 Å². The van der Waals surface area contributed by atoms with Crippen LogP contribution in [0.15, 0.2) is 117 Å². The van der Waals surface area contributed by atoms with Crippen LogP contribution in [0.5, 0.6) is 0 Å². The number of nitrogens with one attached hydrogen (secondary N) is 1. The van der Waals surface area contributed by atoms with Crippen molar-refractivity contribution in [2.24, 2.45) is 0 Å². The van der Waals surface area contributed by atoms with Gasteiger partial charge in [-0.1, -0.05) is 47.8 Å². The van der Waals surface area contributed by atoms with Crippen molar-refractivity contribution in [2.75, 3.05) is 0 Å². The Hall–Kier alpha value is -3.14. The average Bonchev–Trinajstić information content (AvgIpc) is 2.82. The Bertz CT molecular complexity index is 1210. The molecule has 8 heteroatoms. The van der Waals surface area contributed by atoms with Crippen molar-refractivity contribution in [3.8, 4) is 0 Å². The van der Waals surface area contributed by atoms with Gasteiger partial charge in [-0.05, 0) is 66.1 Å². The van der Waals surface area contributed by atoms with Gasteiger partial charge in [0.25, 0.3) is 5.69 Å². The van der Waals surface area contributed by atoms with Crippen LogP contribution >= 0.6 is 23.5 Å². The highest BCUT2D eigenvalue weighted by molar-refractivity contribution is 7.99. The predicted molar refractivity (Wildman–Crippen MR) is 131 cm³/mol. The largest absolute Gasteiger partial charge is 0.628 e. The second-order valence-electron chi connectivity index (χ2n) is 7.23. The minimum atomic E-state index is -1.17. The van der Waals surface area contributed by atoms with E-state index in [0.29, 0.717) is 0 Å². The Kier molecular flexibility index (Phi) is 7.43. The van der Waals surface area contributed by atoms with Crippen LogP contribution in [0.2, 0.25) is 0 Å². The van der Waals surface area contributed by atoms with Gasteiger partial charge in [0.15, 0.2) is 0 Å². The molecule has 0 aromatic heterocycles. The summed E-state index contributed by atoms with van der Waals surface area (Å²) in [5.41, 5.74) is 2.66. The van der Waals surface area contributed by atoms with Crippen molar-refractivity contribution >= 4 is 34.9 Å². The summed E-state index contributed by atoms with van der Waals surface area (Å²) in [6, 6.07) is 29.8. The van der Waals surface area contributed by atoms with Crippen LogP contribution in [-0.4, -0.2) is 4.92 Å². The van der Waals surface area contributed by atoms with E-state index in [-0.39, 0.29) is 11.4 Å². The maximum absolute atomic E-state index is 10.9. The van der Waals surface area contributed by atoms with E-state index < -0.39 is 10.1 Å². The number of nitrogens with zero attached hydrogens (tertiary/aromatic N) is 1. The lowest BCUT2D eigenvalue weighted by Gasteiger charge is -2.24. The van der Waals surface area contributed by atoms with Crippen molar-refractivity contribution < 1.29 is 10.1 Å². The van der Waals surface area contributed by atoms with E-state index in [9.17, 15) is 20.5 Å². The molecule has 6 nitrogen and oxygen atoms in total. The summed E-state index contributed by atoms with van der Waals surface area (Å²) in [5, 5.41) is 31.3. The number of quaternary nitrogens is 1. The predicted octanol–water partition coefficient (Wildman–Crippen LogP) is 6.00. The molecule has 0 fully saturated rings. The van der Waals surface area contributed by atoms with Gasteiger partial charge in [0.2, 0.25) is 0 Å². The van der Waals surface area contributed by atoms with E-state index in [1.807, 2.05) is 0 Å². The van der Waals surface area contributed by atoms with Crippen molar-refractivity contribution in [2.45, 2.75) is 26.0 Å². The summed E-state index contributed by atoms with van der Waals surface area (Å²) in [5.74, 6) is 0. The summed E-state index contributed by atoms with van der Waals surface area (Å²) in [4.78, 5) is 14.4. The van der Waals surface area contributed by atoms with E-state index in [1.54, 1.807) is 59.9 Å². The molecule has 0 aliphatic heterocycles. The van der Waals surface area contributed by atoms with Crippen LogP contribution in [0, 0.1) is 20.5 Å². The summed E-state index contributed by atoms with van der Waals surface area (Å²) in [7, 11) is 0. The van der Waals surface area contributed by atoms with Gasteiger partial charge in [-0.2, -0.15) is 0 Å². The molecule has 33 heavy (non-hydrogen) atoms. The van der Waals surface area contributed by atoms with Crippen LogP contribution in [0.3, 0.4) is 0 Å². The second kappa shape index (κ2) is 10.7. The first kappa shape index (κ1) is 23.0. The van der Waals surface area contributed by atoms with Crippen molar-refractivity contribution in [1.29, 1.82) is 0 Å². The molecule has 0 aliphatic carbocycles. The van der Waals surface area contributed by atoms with Crippen LogP contribution in [0.1, 0.15) is 11.1 Å². The topological polar surface area (TPSA) is 93.7 Å². The van der Waals surface area contributed by atoms with Gasteiger partial charge in [-0.25, -0.2) is 0 Å². The van der Waals surface area contributed by atoms with E-state index in [2.05, 4.69) is 48.5 Å². The Morgan fingerprint density at radius 3 is 1.33 bits per heavy atom. The fourth-order valence-corrected chi connectivity index (χ4v) is 4.79. The third-order valence-corrected chi connectivity index (χ3v) is 6.90. The summed E-state index contributed by atoms with van der Waals surface area (Å²) in [6.45, 7) is 0. The number of hydrogen-bond donors (Lipinski definition) is 1. The Balaban J connectivity index is 1.33. The summed E-state index contributed by atoms with van der Waals surface area (Å²) >= 11 is 3.14. The lowest BCUT2D eigenvalue weighted by atomic mass is 10.1. The zero-order valence-corrected chi connectivity index (χ0v) is 19.0. The number of hydrogen-bond acceptors (Lipinski definition) is 6. The smallest absolute Gasteiger partial charge is 0.269 e. The Morgan fingerprint density at radius 1 is 0.606 bits per heavy atom. The molecule has 4 aromatic carbocycles. The van der Waals surface area contributed by atoms with E-state index in [1.165, 1.54) is 23.3 Å². The molecule has 4 rings (SSSR count). The van der Waals surface area contributed by atoms with Crippen molar-refractivity contribution in [3.63, 3.8) is 0 Å². The molecule has 0 amide bonds. The molecular weight excluding hydrogens is 456 g/mol. The molecule has 4 aromatic rings. The molecule has 166 valence electrons. The van der Waals surface area contributed by atoms with Crippen LogP contribution in [0.4, 0.5) is 11.4 Å². The minimum Gasteiger partial charge on any atom is -0.628 e. The molecule has 0 bridgehead atoms. The number of nitro groups is 1. The second-order valence-corrected chi connectivity index (χ2v) is 9.53. The average molecular weight is 476 g/mol. The fourth-order valence-electron chi connectivity index (χ4n) is 3.15. The first-order chi connectivity index (χ1) is 16.0. The van der Waals surface area contributed by atoms with Gasteiger partial charge in [0, 0.05) is 43.8 Å². The molecule has 0 heterocycles. The molecule has 1 N–H and O–H groups in total. The third kappa shape index (κ3) is 6.44. The van der Waals surface area contributed by atoms with Gasteiger partial charge in [-0.3, -0.25) is 10.1 Å². The number of nitro benzene ring substituents is 1. The van der Waals surface area contributed by atoms with E-state index >= 15 is 0 Å². The van der Waals surface area contributed by atoms with E-state index in [4.69, 9.17) is 0 Å². The Morgan fingerprint density at radius 2 is 0.970 bits per heavy atom. The van der Waals surface area contributed by atoms with Gasteiger partial charge in [0.05, 0.1) is 4.92 Å². The SMILES string of the molecule is O=[N+]([O-])c1ccc(Sc2ccc(Cc3ccc(Sc4ccc([NH+]([O-])[O-])cc4)cc3)cc2)cc1. The van der Waals surface area contributed by atoms with Gasteiger partial charge >= 0.3 is 0 Å². The third-order valence-electron chi connectivity index (χ3n) is 4.86. The highest BCUT2D eigenvalue weighted by Crippen LogP contribution is 2.30. The van der Waals surface area contributed by atoms with Crippen molar-refractivity contribution in [3.05, 3.63) is 129 Å². The minimum absolute atomic E-state index is 0.0905. The maximum Gasteiger partial charge on any atom is 0.269 e. The number of benzene rings is 4. The van der Waals surface area contributed by atoms with Gasteiger partial charge in [0.1, 0.15) is 5.69 Å². The Labute approximate surface area is 199 Å². The molecule has 0 saturated heterocycles. The van der Waals surface area contributed by atoms with Crippen LogP contribution in [0.25, 0.3) is 0 Å². The van der Waals surface area contributed by atoms with Gasteiger partial charge in [-0.15, -0.1) is 0 Å². The first-order valence-corrected chi connectivity index (χ1v) is 11.7. The fraction of sp³-hybridized carbons (Fsp3) is 0.0400. The standard InChI is InChI=1S/C25H19N2O4S2/c28-26(29)20-5-13-24(14-6-20)32-22-9-1-18(2-10-22)17-19-3-11-23(12-4-19)33-25-15-7-21(8-16-25)27(30)31/h1-16,26H,17H2/q-1.